The third-order valence-corrected chi connectivity index (χ3v) is 5.10. The molecular formula is C15H16N2O6S. The van der Waals surface area contributed by atoms with Crippen LogP contribution in [0.25, 0.3) is 11.1 Å². The van der Waals surface area contributed by atoms with Gasteiger partial charge in [-0.1, -0.05) is 0 Å². The molecule has 1 atom stereocenters. The zero-order valence-electron chi connectivity index (χ0n) is 13.1. The average molecular weight is 352 g/mol. The minimum atomic E-state index is -3.78. The van der Waals surface area contributed by atoms with E-state index in [-0.39, 0.29) is 11.4 Å². The second kappa shape index (κ2) is 6.27. The maximum atomic E-state index is 12.5. The van der Waals surface area contributed by atoms with Gasteiger partial charge in [0.2, 0.25) is 10.0 Å². The number of rotatable bonds is 6. The Morgan fingerprint density at radius 3 is 2.79 bits per heavy atom. The maximum Gasteiger partial charge on any atom is 0.419 e. The molecule has 2 aromatic heterocycles. The van der Waals surface area contributed by atoms with Crippen LogP contribution in [0.2, 0.25) is 0 Å². The molecule has 0 aliphatic heterocycles. The van der Waals surface area contributed by atoms with Gasteiger partial charge in [-0.05, 0) is 30.3 Å². The van der Waals surface area contributed by atoms with E-state index in [4.69, 9.17) is 13.6 Å². The molecule has 9 heteroatoms. The number of oxazole rings is 1. The van der Waals surface area contributed by atoms with Gasteiger partial charge in [-0.2, -0.15) is 0 Å². The summed E-state index contributed by atoms with van der Waals surface area (Å²) < 4.78 is 44.1. The van der Waals surface area contributed by atoms with Gasteiger partial charge in [-0.25, -0.2) is 17.9 Å². The fourth-order valence-corrected chi connectivity index (χ4v) is 3.37. The van der Waals surface area contributed by atoms with Gasteiger partial charge in [-0.3, -0.25) is 4.57 Å². The molecule has 8 nitrogen and oxygen atoms in total. The molecule has 0 amide bonds. The summed E-state index contributed by atoms with van der Waals surface area (Å²) in [4.78, 5) is 11.5. The van der Waals surface area contributed by atoms with Gasteiger partial charge in [0.15, 0.2) is 5.58 Å². The van der Waals surface area contributed by atoms with Gasteiger partial charge >= 0.3 is 5.76 Å². The molecule has 0 saturated carbocycles. The highest BCUT2D eigenvalue weighted by molar-refractivity contribution is 7.89. The number of nitrogens with zero attached hydrogens (tertiary/aromatic N) is 1. The van der Waals surface area contributed by atoms with Crippen molar-refractivity contribution in [2.24, 2.45) is 7.05 Å². The first kappa shape index (κ1) is 16.5. The second-order valence-electron chi connectivity index (χ2n) is 5.15. The van der Waals surface area contributed by atoms with E-state index >= 15 is 0 Å². The van der Waals surface area contributed by atoms with Gasteiger partial charge in [0, 0.05) is 20.7 Å². The Morgan fingerprint density at radius 1 is 1.33 bits per heavy atom. The maximum absolute atomic E-state index is 12.5. The molecule has 24 heavy (non-hydrogen) atoms. The second-order valence-corrected chi connectivity index (χ2v) is 6.92. The molecule has 1 aromatic carbocycles. The van der Waals surface area contributed by atoms with Crippen molar-refractivity contribution in [1.29, 1.82) is 0 Å². The Kier molecular flexibility index (Phi) is 4.31. The molecule has 3 rings (SSSR count). The van der Waals surface area contributed by atoms with Crippen molar-refractivity contribution in [3.63, 3.8) is 0 Å². The predicted octanol–water partition coefficient (Wildman–Crippen LogP) is 1.39. The van der Waals surface area contributed by atoms with Crippen LogP contribution in [0.4, 0.5) is 0 Å². The fourth-order valence-electron chi connectivity index (χ4n) is 2.32. The van der Waals surface area contributed by atoms with Crippen LogP contribution < -0.4 is 10.5 Å². The number of hydrogen-bond donors (Lipinski definition) is 1. The smallest absolute Gasteiger partial charge is 0.419 e. The Morgan fingerprint density at radius 2 is 2.12 bits per heavy atom. The summed E-state index contributed by atoms with van der Waals surface area (Å²) in [6.07, 6.45) is 0.945. The highest BCUT2D eigenvalue weighted by Gasteiger charge is 2.20. The van der Waals surface area contributed by atoms with Crippen LogP contribution >= 0.6 is 0 Å². The SMILES string of the molecule is COC(CNS(=O)(=O)c1ccc2oc(=O)n(C)c2c1)c1ccco1. The van der Waals surface area contributed by atoms with Crippen molar-refractivity contribution in [2.45, 2.75) is 11.0 Å². The molecule has 128 valence electrons. The first-order chi connectivity index (χ1) is 11.4. The lowest BCUT2D eigenvalue weighted by Crippen LogP contribution is -2.29. The van der Waals surface area contributed by atoms with E-state index in [0.717, 1.165) is 0 Å². The van der Waals surface area contributed by atoms with E-state index < -0.39 is 21.9 Å². The largest absolute Gasteiger partial charge is 0.467 e. The first-order valence-corrected chi connectivity index (χ1v) is 8.56. The lowest BCUT2D eigenvalue weighted by molar-refractivity contribution is 0.0878. The monoisotopic (exact) mass is 352 g/mol. The molecule has 0 fully saturated rings. The molecule has 0 aliphatic carbocycles. The quantitative estimate of drug-likeness (QED) is 0.719. The van der Waals surface area contributed by atoms with E-state index in [1.165, 1.54) is 43.2 Å². The van der Waals surface area contributed by atoms with E-state index in [2.05, 4.69) is 4.72 Å². The summed E-state index contributed by atoms with van der Waals surface area (Å²) in [7, 11) is -0.807. The highest BCUT2D eigenvalue weighted by atomic mass is 32.2. The summed E-state index contributed by atoms with van der Waals surface area (Å²) in [6, 6.07) is 7.62. The standard InChI is InChI=1S/C15H16N2O6S/c1-17-11-8-10(5-6-12(11)23-15(17)18)24(19,20)16-9-14(21-2)13-4-3-7-22-13/h3-8,14,16H,9H2,1-2H3. The van der Waals surface area contributed by atoms with Crippen molar-refractivity contribution in [2.75, 3.05) is 13.7 Å². The van der Waals surface area contributed by atoms with Crippen LogP contribution in [-0.2, 0) is 21.8 Å². The van der Waals surface area contributed by atoms with Crippen LogP contribution in [-0.4, -0.2) is 26.6 Å². The summed E-state index contributed by atoms with van der Waals surface area (Å²) in [5, 5.41) is 0. The van der Waals surface area contributed by atoms with Crippen LogP contribution in [0.15, 0.2) is 55.1 Å². The highest BCUT2D eigenvalue weighted by Crippen LogP contribution is 2.20. The van der Waals surface area contributed by atoms with Crippen molar-refractivity contribution in [3.05, 3.63) is 52.9 Å². The third-order valence-electron chi connectivity index (χ3n) is 3.68. The summed E-state index contributed by atoms with van der Waals surface area (Å²) >= 11 is 0. The zero-order valence-corrected chi connectivity index (χ0v) is 13.9. The minimum Gasteiger partial charge on any atom is -0.467 e. The normalized spacial score (nSPS) is 13.4. The third kappa shape index (κ3) is 3.01. The molecule has 2 heterocycles. The molecule has 1 unspecified atom stereocenters. The molecular weight excluding hydrogens is 336 g/mol. The molecule has 3 aromatic rings. The van der Waals surface area contributed by atoms with Gasteiger partial charge < -0.3 is 13.6 Å². The lowest BCUT2D eigenvalue weighted by Gasteiger charge is -2.14. The Hall–Kier alpha value is -2.36. The van der Waals surface area contributed by atoms with Crippen LogP contribution in [0.1, 0.15) is 11.9 Å². The predicted molar refractivity (Wildman–Crippen MR) is 85.1 cm³/mol. The number of hydrogen-bond acceptors (Lipinski definition) is 6. The van der Waals surface area contributed by atoms with Gasteiger partial charge in [0.05, 0.1) is 16.7 Å². The van der Waals surface area contributed by atoms with Crippen molar-refractivity contribution >= 4 is 21.1 Å². The van der Waals surface area contributed by atoms with E-state index in [9.17, 15) is 13.2 Å². The Labute approximate surface area is 137 Å². The number of furan rings is 1. The Bertz CT molecular complexity index is 1000. The van der Waals surface area contributed by atoms with Crippen LogP contribution in [0.5, 0.6) is 0 Å². The number of benzene rings is 1. The number of aryl methyl sites for hydroxylation is 1. The van der Waals surface area contributed by atoms with Crippen molar-refractivity contribution in [1.82, 2.24) is 9.29 Å². The summed E-state index contributed by atoms with van der Waals surface area (Å²) in [5.74, 6) is -0.0299. The van der Waals surface area contributed by atoms with E-state index in [0.29, 0.717) is 16.9 Å². The molecule has 0 spiro atoms. The number of nitrogens with one attached hydrogen (secondary N) is 1. The van der Waals surface area contributed by atoms with Crippen LogP contribution in [0, 0.1) is 0 Å². The van der Waals surface area contributed by atoms with Gasteiger partial charge in [0.1, 0.15) is 11.9 Å². The molecule has 0 bridgehead atoms. The van der Waals surface area contributed by atoms with E-state index in [1.54, 1.807) is 12.1 Å². The number of aromatic nitrogens is 1. The topological polar surface area (TPSA) is 104 Å². The fraction of sp³-hybridized carbons (Fsp3) is 0.267. The number of fused-ring (bicyclic) bond motifs is 1. The zero-order chi connectivity index (χ0) is 17.3. The number of methoxy groups -OCH3 is 1. The molecule has 0 saturated heterocycles. The minimum absolute atomic E-state index is 0.00863. The van der Waals surface area contributed by atoms with Crippen LogP contribution in [0.3, 0.4) is 0 Å². The van der Waals surface area contributed by atoms with Crippen molar-refractivity contribution < 1.29 is 22.0 Å². The summed E-state index contributed by atoms with van der Waals surface area (Å²) in [5.41, 5.74) is 0.726. The van der Waals surface area contributed by atoms with E-state index in [1.807, 2.05) is 0 Å². The molecule has 0 radical (unpaired) electrons. The lowest BCUT2D eigenvalue weighted by atomic mass is 10.3. The van der Waals surface area contributed by atoms with Gasteiger partial charge in [-0.15, -0.1) is 0 Å². The number of ether oxygens (including phenoxy) is 1. The number of sulfonamides is 1. The summed E-state index contributed by atoms with van der Waals surface area (Å²) in [6.45, 7) is 0.00863. The van der Waals surface area contributed by atoms with Gasteiger partial charge in [0.25, 0.3) is 0 Å². The molecule has 1 N–H and O–H groups in total. The first-order valence-electron chi connectivity index (χ1n) is 7.08. The Balaban J connectivity index is 1.85. The molecule has 0 aliphatic rings. The van der Waals surface area contributed by atoms with Crippen molar-refractivity contribution in [3.8, 4) is 0 Å². The average Bonchev–Trinajstić information content (AvgIpc) is 3.17.